The zero-order valence-corrected chi connectivity index (χ0v) is 11.3. The van der Waals surface area contributed by atoms with Crippen LogP contribution in [0.5, 0.6) is 5.75 Å². The van der Waals surface area contributed by atoms with Gasteiger partial charge >= 0.3 is 0 Å². The van der Waals surface area contributed by atoms with E-state index in [1.54, 1.807) is 0 Å². The molecule has 1 fully saturated rings. The lowest BCUT2D eigenvalue weighted by Crippen LogP contribution is -2.36. The number of ether oxygens (including phenoxy) is 1. The first-order chi connectivity index (χ1) is 8.11. The van der Waals surface area contributed by atoms with E-state index in [0.29, 0.717) is 12.1 Å². The standard InChI is InChI=1S/C15H23NO/c1-10-8-11(2)15(12(3)9-10)17-14-7-5-6-13(14)16-4/h8-9,13-14,16H,5-7H2,1-4H3. The molecule has 17 heavy (non-hydrogen) atoms. The highest BCUT2D eigenvalue weighted by molar-refractivity contribution is 5.43. The second kappa shape index (κ2) is 5.09. The van der Waals surface area contributed by atoms with Crippen LogP contribution in [0.25, 0.3) is 0 Å². The lowest BCUT2D eigenvalue weighted by molar-refractivity contribution is 0.176. The fraction of sp³-hybridized carbons (Fsp3) is 0.600. The van der Waals surface area contributed by atoms with Crippen molar-refractivity contribution in [2.45, 2.75) is 52.2 Å². The van der Waals surface area contributed by atoms with E-state index in [1.165, 1.54) is 29.5 Å². The van der Waals surface area contributed by atoms with Crippen LogP contribution in [0.1, 0.15) is 36.0 Å². The highest BCUT2D eigenvalue weighted by Crippen LogP contribution is 2.30. The van der Waals surface area contributed by atoms with Crippen LogP contribution in [0.2, 0.25) is 0 Å². The fourth-order valence-electron chi connectivity index (χ4n) is 2.90. The summed E-state index contributed by atoms with van der Waals surface area (Å²) in [7, 11) is 2.03. The van der Waals surface area contributed by atoms with E-state index in [4.69, 9.17) is 4.74 Å². The molecule has 0 bridgehead atoms. The van der Waals surface area contributed by atoms with E-state index in [1.807, 2.05) is 7.05 Å². The third kappa shape index (κ3) is 2.63. The van der Waals surface area contributed by atoms with Gasteiger partial charge < -0.3 is 10.1 Å². The van der Waals surface area contributed by atoms with Crippen molar-refractivity contribution in [2.75, 3.05) is 7.05 Å². The summed E-state index contributed by atoms with van der Waals surface area (Å²) in [5, 5.41) is 3.36. The molecule has 2 heteroatoms. The molecule has 2 atom stereocenters. The summed E-state index contributed by atoms with van der Waals surface area (Å²) in [4.78, 5) is 0. The van der Waals surface area contributed by atoms with Gasteiger partial charge in [-0.2, -0.15) is 0 Å². The lowest BCUT2D eigenvalue weighted by atomic mass is 10.1. The second-order valence-electron chi connectivity index (χ2n) is 5.21. The summed E-state index contributed by atoms with van der Waals surface area (Å²) in [5.74, 6) is 1.09. The van der Waals surface area contributed by atoms with Crippen LogP contribution in [0.3, 0.4) is 0 Å². The Morgan fingerprint density at radius 1 is 1.12 bits per heavy atom. The predicted molar refractivity (Wildman–Crippen MR) is 71.8 cm³/mol. The molecule has 0 aromatic heterocycles. The first-order valence-electron chi connectivity index (χ1n) is 6.53. The number of hydrogen-bond acceptors (Lipinski definition) is 2. The second-order valence-corrected chi connectivity index (χ2v) is 5.21. The van der Waals surface area contributed by atoms with E-state index in [9.17, 15) is 0 Å². The zero-order chi connectivity index (χ0) is 12.4. The van der Waals surface area contributed by atoms with E-state index in [-0.39, 0.29) is 0 Å². The average molecular weight is 233 g/mol. The van der Waals surface area contributed by atoms with Gasteiger partial charge in [-0.1, -0.05) is 17.7 Å². The van der Waals surface area contributed by atoms with Gasteiger partial charge in [0.25, 0.3) is 0 Å². The molecule has 0 spiro atoms. The van der Waals surface area contributed by atoms with Crippen molar-refractivity contribution in [3.63, 3.8) is 0 Å². The van der Waals surface area contributed by atoms with Crippen LogP contribution in [0.15, 0.2) is 12.1 Å². The van der Waals surface area contributed by atoms with Gasteiger partial charge in [-0.15, -0.1) is 0 Å². The monoisotopic (exact) mass is 233 g/mol. The Hall–Kier alpha value is -1.02. The molecule has 0 amide bonds. The molecule has 1 aromatic rings. The Balaban J connectivity index is 2.18. The molecule has 1 saturated carbocycles. The van der Waals surface area contributed by atoms with Gasteiger partial charge in [0.1, 0.15) is 11.9 Å². The number of benzene rings is 1. The van der Waals surface area contributed by atoms with E-state index < -0.39 is 0 Å². The normalized spacial score (nSPS) is 24.0. The van der Waals surface area contributed by atoms with E-state index >= 15 is 0 Å². The van der Waals surface area contributed by atoms with E-state index in [0.717, 1.165) is 12.2 Å². The van der Waals surface area contributed by atoms with Gasteiger partial charge in [-0.05, 0) is 58.2 Å². The fourth-order valence-corrected chi connectivity index (χ4v) is 2.90. The molecule has 1 aliphatic carbocycles. The van der Waals surface area contributed by atoms with Crippen LogP contribution >= 0.6 is 0 Å². The smallest absolute Gasteiger partial charge is 0.125 e. The minimum Gasteiger partial charge on any atom is -0.488 e. The van der Waals surface area contributed by atoms with Crippen molar-refractivity contribution >= 4 is 0 Å². The first-order valence-corrected chi connectivity index (χ1v) is 6.53. The molecular weight excluding hydrogens is 210 g/mol. The van der Waals surface area contributed by atoms with Crippen LogP contribution in [-0.4, -0.2) is 19.2 Å². The summed E-state index contributed by atoms with van der Waals surface area (Å²) < 4.78 is 6.23. The quantitative estimate of drug-likeness (QED) is 0.866. The van der Waals surface area contributed by atoms with E-state index in [2.05, 4.69) is 38.2 Å². The molecule has 2 nitrogen and oxygen atoms in total. The van der Waals surface area contributed by atoms with Gasteiger partial charge in [0.2, 0.25) is 0 Å². The number of likely N-dealkylation sites (N-methyl/N-ethyl adjacent to an activating group) is 1. The largest absolute Gasteiger partial charge is 0.488 e. The molecule has 1 aromatic carbocycles. The summed E-state index contributed by atoms with van der Waals surface area (Å²) >= 11 is 0. The molecular formula is C15H23NO. The summed E-state index contributed by atoms with van der Waals surface area (Å²) in [5.41, 5.74) is 3.82. The average Bonchev–Trinajstić information content (AvgIpc) is 2.70. The molecule has 2 unspecified atom stereocenters. The van der Waals surface area contributed by atoms with Crippen molar-refractivity contribution < 1.29 is 4.74 Å². The van der Waals surface area contributed by atoms with Crippen LogP contribution in [-0.2, 0) is 0 Å². The highest BCUT2D eigenvalue weighted by Gasteiger charge is 2.28. The maximum atomic E-state index is 6.23. The number of nitrogens with one attached hydrogen (secondary N) is 1. The Morgan fingerprint density at radius 3 is 2.35 bits per heavy atom. The van der Waals surface area contributed by atoms with Crippen molar-refractivity contribution in [1.29, 1.82) is 0 Å². The molecule has 1 aliphatic rings. The van der Waals surface area contributed by atoms with Gasteiger partial charge in [0.15, 0.2) is 0 Å². The molecule has 0 saturated heterocycles. The number of aryl methyl sites for hydroxylation is 3. The molecule has 1 N–H and O–H groups in total. The Labute approximate surface area is 104 Å². The highest BCUT2D eigenvalue weighted by atomic mass is 16.5. The van der Waals surface area contributed by atoms with Gasteiger partial charge in [0.05, 0.1) is 0 Å². The Bertz CT molecular complexity index is 377. The lowest BCUT2D eigenvalue weighted by Gasteiger charge is -2.23. The van der Waals surface area contributed by atoms with Crippen LogP contribution < -0.4 is 10.1 Å². The predicted octanol–water partition coefficient (Wildman–Crippen LogP) is 3.13. The minimum absolute atomic E-state index is 0.333. The number of rotatable bonds is 3. The van der Waals surface area contributed by atoms with Crippen molar-refractivity contribution in [2.24, 2.45) is 0 Å². The Kier molecular flexibility index (Phi) is 3.72. The van der Waals surface area contributed by atoms with Crippen molar-refractivity contribution in [1.82, 2.24) is 5.32 Å². The third-order valence-electron chi connectivity index (χ3n) is 3.70. The summed E-state index contributed by atoms with van der Waals surface area (Å²) in [6.45, 7) is 6.41. The van der Waals surface area contributed by atoms with Gasteiger partial charge in [-0.3, -0.25) is 0 Å². The molecule has 94 valence electrons. The molecule has 0 radical (unpaired) electrons. The zero-order valence-electron chi connectivity index (χ0n) is 11.3. The maximum Gasteiger partial charge on any atom is 0.125 e. The minimum atomic E-state index is 0.333. The Morgan fingerprint density at radius 2 is 1.76 bits per heavy atom. The van der Waals surface area contributed by atoms with Crippen molar-refractivity contribution in [3.8, 4) is 5.75 Å². The van der Waals surface area contributed by atoms with Gasteiger partial charge in [0, 0.05) is 6.04 Å². The molecule has 0 heterocycles. The first kappa shape index (κ1) is 12.4. The van der Waals surface area contributed by atoms with Crippen LogP contribution in [0.4, 0.5) is 0 Å². The van der Waals surface area contributed by atoms with Gasteiger partial charge in [-0.25, -0.2) is 0 Å². The maximum absolute atomic E-state index is 6.23. The topological polar surface area (TPSA) is 21.3 Å². The van der Waals surface area contributed by atoms with Crippen molar-refractivity contribution in [3.05, 3.63) is 28.8 Å². The molecule has 2 rings (SSSR count). The SMILES string of the molecule is CNC1CCCC1Oc1c(C)cc(C)cc1C. The third-order valence-corrected chi connectivity index (χ3v) is 3.70. The number of hydrogen-bond donors (Lipinski definition) is 1. The van der Waals surface area contributed by atoms with Crippen LogP contribution in [0, 0.1) is 20.8 Å². The molecule has 0 aliphatic heterocycles. The summed E-state index contributed by atoms with van der Waals surface area (Å²) in [6.07, 6.45) is 3.99. The summed E-state index contributed by atoms with van der Waals surface area (Å²) in [6, 6.07) is 4.91.